The third-order valence-corrected chi connectivity index (χ3v) is 13.5. The van der Waals surface area contributed by atoms with E-state index in [9.17, 15) is 0 Å². The van der Waals surface area contributed by atoms with E-state index in [4.69, 9.17) is 9.47 Å². The van der Waals surface area contributed by atoms with E-state index < -0.39 is 8.07 Å². The normalized spacial score (nSPS) is 12.8. The Morgan fingerprint density at radius 2 is 0.887 bits per heavy atom. The van der Waals surface area contributed by atoms with Crippen molar-refractivity contribution in [3.8, 4) is 67.5 Å². The Kier molecular flexibility index (Phi) is 6.28. The van der Waals surface area contributed by atoms with E-state index in [1.54, 1.807) is 0 Å². The molecule has 0 amide bonds. The molecule has 0 aliphatic carbocycles. The molecule has 0 saturated carbocycles. The van der Waals surface area contributed by atoms with Crippen molar-refractivity contribution in [2.75, 3.05) is 0 Å². The molecule has 252 valence electrons. The van der Waals surface area contributed by atoms with Gasteiger partial charge < -0.3 is 9.47 Å². The molecule has 3 heteroatoms. The molecule has 2 aliphatic heterocycles. The first-order chi connectivity index (χ1) is 25.8. The van der Waals surface area contributed by atoms with E-state index in [1.165, 1.54) is 76.3 Å². The van der Waals surface area contributed by atoms with Gasteiger partial charge in [0.25, 0.3) is 0 Å². The van der Waals surface area contributed by atoms with Gasteiger partial charge in [0.05, 0.1) is 8.07 Å². The third kappa shape index (κ3) is 4.38. The van der Waals surface area contributed by atoms with Gasteiger partial charge in [0.1, 0.15) is 23.0 Å². The van der Waals surface area contributed by atoms with Gasteiger partial charge in [0.15, 0.2) is 0 Å². The van der Waals surface area contributed by atoms with Gasteiger partial charge in [-0.1, -0.05) is 134 Å². The Balaban J connectivity index is 1.14. The van der Waals surface area contributed by atoms with Crippen molar-refractivity contribution < 1.29 is 9.47 Å². The summed E-state index contributed by atoms with van der Waals surface area (Å²) in [5.74, 6) is 3.67. The predicted octanol–water partition coefficient (Wildman–Crippen LogP) is 14.0. The second-order valence-corrected chi connectivity index (χ2v) is 20.7. The van der Waals surface area contributed by atoms with E-state index in [-0.39, 0.29) is 0 Å². The molecule has 0 radical (unpaired) electrons. The van der Waals surface area contributed by atoms with Gasteiger partial charge in [-0.3, -0.25) is 0 Å². The molecule has 9 aromatic carbocycles. The highest BCUT2D eigenvalue weighted by molar-refractivity contribution is 6.90. The summed E-state index contributed by atoms with van der Waals surface area (Å²) in [6.45, 7) is 9.37. The van der Waals surface area contributed by atoms with Crippen LogP contribution in [0.15, 0.2) is 146 Å². The average Bonchev–Trinajstić information content (AvgIpc) is 3.17. The maximum absolute atomic E-state index is 6.82. The lowest BCUT2D eigenvalue weighted by molar-refractivity contribution is 0.486. The van der Waals surface area contributed by atoms with Crippen LogP contribution in [0.25, 0.3) is 87.6 Å². The first kappa shape index (κ1) is 30.5. The fourth-order valence-electron chi connectivity index (χ4n) is 9.13. The van der Waals surface area contributed by atoms with Crippen molar-refractivity contribution >= 4 is 56.4 Å². The molecule has 11 rings (SSSR count). The molecule has 53 heavy (non-hydrogen) atoms. The number of ether oxygens (including phenoxy) is 2. The van der Waals surface area contributed by atoms with Crippen LogP contribution in [0, 0.1) is 6.92 Å². The lowest BCUT2D eigenvalue weighted by Crippen LogP contribution is -2.38. The Morgan fingerprint density at radius 3 is 1.53 bits per heavy atom. The number of fused-ring (bicyclic) bond motifs is 6. The number of hydrogen-bond acceptors (Lipinski definition) is 2. The highest BCUT2D eigenvalue weighted by Crippen LogP contribution is 2.53. The van der Waals surface area contributed by atoms with E-state index in [0.717, 1.165) is 45.1 Å². The van der Waals surface area contributed by atoms with Gasteiger partial charge >= 0.3 is 0 Å². The van der Waals surface area contributed by atoms with Crippen LogP contribution in [-0.4, -0.2) is 8.07 Å². The Morgan fingerprint density at radius 1 is 0.377 bits per heavy atom. The monoisotopic (exact) mass is 696 g/mol. The first-order valence-electron chi connectivity index (χ1n) is 18.5. The average molecular weight is 697 g/mol. The zero-order chi connectivity index (χ0) is 35.6. The van der Waals surface area contributed by atoms with Crippen LogP contribution in [0.1, 0.15) is 5.56 Å². The maximum atomic E-state index is 6.82. The second kappa shape index (κ2) is 10.9. The summed E-state index contributed by atoms with van der Waals surface area (Å²) in [5.41, 5.74) is 10.8. The number of hydrogen-bond donors (Lipinski definition) is 0. The van der Waals surface area contributed by atoms with Crippen LogP contribution >= 0.6 is 0 Å². The molecule has 0 saturated heterocycles. The first-order valence-corrected chi connectivity index (χ1v) is 22.0. The molecule has 2 nitrogen and oxygen atoms in total. The standard InChI is InChI=1S/C50H36O2Si/c1-29-19-21-31-33-15-9-17-39-40(23-24-42(49(33)39)51-44(31)27-29)48-37-13-7-5-11-35(37)47(36-12-6-8-14-38(36)48)30-20-22-32-34-16-10-18-41-46(53(2,3)4)26-25-43(50(34)41)52-45(32)28-30/h5-28H,1-4H3. The van der Waals surface area contributed by atoms with Crippen molar-refractivity contribution in [1.29, 1.82) is 0 Å². The fraction of sp³-hybridized carbons (Fsp3) is 0.0800. The van der Waals surface area contributed by atoms with Gasteiger partial charge in [0.2, 0.25) is 0 Å². The number of rotatable bonds is 3. The largest absolute Gasteiger partial charge is 0.456 e. The van der Waals surface area contributed by atoms with Crippen molar-refractivity contribution in [2.45, 2.75) is 26.6 Å². The minimum Gasteiger partial charge on any atom is -0.456 e. The molecule has 0 unspecified atom stereocenters. The summed E-state index contributed by atoms with van der Waals surface area (Å²) in [5, 5.41) is 11.3. The van der Waals surface area contributed by atoms with Crippen LogP contribution in [0.4, 0.5) is 0 Å². The molecule has 9 aromatic rings. The van der Waals surface area contributed by atoms with Crippen LogP contribution in [-0.2, 0) is 0 Å². The Labute approximate surface area is 309 Å². The van der Waals surface area contributed by atoms with Crippen molar-refractivity contribution in [3.05, 3.63) is 151 Å². The highest BCUT2D eigenvalue weighted by atomic mass is 28.3. The van der Waals surface area contributed by atoms with Crippen LogP contribution in [0.3, 0.4) is 0 Å². The van der Waals surface area contributed by atoms with Crippen LogP contribution in [0.5, 0.6) is 23.0 Å². The summed E-state index contributed by atoms with van der Waals surface area (Å²) in [7, 11) is -1.56. The molecular weight excluding hydrogens is 661 g/mol. The molecule has 2 aliphatic rings. The van der Waals surface area contributed by atoms with Crippen molar-refractivity contribution in [1.82, 2.24) is 0 Å². The smallest absolute Gasteiger partial charge is 0.135 e. The van der Waals surface area contributed by atoms with E-state index in [1.807, 2.05) is 0 Å². The third-order valence-electron chi connectivity index (χ3n) is 11.4. The molecular formula is C50H36O2Si. The molecule has 0 atom stereocenters. The molecule has 2 heterocycles. The SMILES string of the molecule is Cc1ccc2c(c1)Oc1ccc(-c3c4ccccc4c(-c4ccc5c(c4)Oc4ccc([Si](C)(C)C)c6cccc-5c46)c4ccccc34)c3cccc-2c13. The minimum absolute atomic E-state index is 0.902. The molecule has 0 fully saturated rings. The lowest BCUT2D eigenvalue weighted by Gasteiger charge is -2.26. The molecule has 0 bridgehead atoms. The van der Waals surface area contributed by atoms with Gasteiger partial charge in [0, 0.05) is 21.9 Å². The predicted molar refractivity (Wildman–Crippen MR) is 226 cm³/mol. The van der Waals surface area contributed by atoms with Gasteiger partial charge in [-0.15, -0.1) is 0 Å². The number of aryl methyl sites for hydroxylation is 1. The lowest BCUT2D eigenvalue weighted by atomic mass is 9.83. The maximum Gasteiger partial charge on any atom is 0.135 e. The zero-order valence-electron chi connectivity index (χ0n) is 30.2. The molecule has 0 spiro atoms. The summed E-state index contributed by atoms with van der Waals surface area (Å²) < 4.78 is 13.4. The Bertz CT molecular complexity index is 3000. The topological polar surface area (TPSA) is 18.5 Å². The van der Waals surface area contributed by atoms with Crippen molar-refractivity contribution in [3.63, 3.8) is 0 Å². The summed E-state index contributed by atoms with van der Waals surface area (Å²) >= 11 is 0. The van der Waals surface area contributed by atoms with Gasteiger partial charge in [-0.25, -0.2) is 0 Å². The quantitative estimate of drug-likeness (QED) is 0.135. The van der Waals surface area contributed by atoms with Gasteiger partial charge in [-0.2, -0.15) is 0 Å². The minimum atomic E-state index is -1.56. The highest BCUT2D eigenvalue weighted by Gasteiger charge is 2.28. The van der Waals surface area contributed by atoms with E-state index in [2.05, 4.69) is 172 Å². The molecule has 0 N–H and O–H groups in total. The molecule has 0 aromatic heterocycles. The zero-order valence-corrected chi connectivity index (χ0v) is 31.2. The van der Waals surface area contributed by atoms with Crippen molar-refractivity contribution in [2.24, 2.45) is 0 Å². The van der Waals surface area contributed by atoms with Crippen LogP contribution < -0.4 is 14.7 Å². The van der Waals surface area contributed by atoms with Crippen LogP contribution in [0.2, 0.25) is 19.6 Å². The van der Waals surface area contributed by atoms with Gasteiger partial charge in [-0.05, 0) is 115 Å². The summed E-state index contributed by atoms with van der Waals surface area (Å²) in [6, 6.07) is 53.4. The van der Waals surface area contributed by atoms with E-state index in [0.29, 0.717) is 0 Å². The summed E-state index contributed by atoms with van der Waals surface area (Å²) in [6.07, 6.45) is 0. The second-order valence-electron chi connectivity index (χ2n) is 15.7. The summed E-state index contributed by atoms with van der Waals surface area (Å²) in [4.78, 5) is 0. The number of benzene rings is 9. The Hall–Kier alpha value is -6.16. The fourth-order valence-corrected chi connectivity index (χ4v) is 10.7. The van der Waals surface area contributed by atoms with E-state index >= 15 is 0 Å².